The monoisotopic (exact) mass is 421 g/mol. The summed E-state index contributed by atoms with van der Waals surface area (Å²) in [7, 11) is 0. The fourth-order valence-corrected chi connectivity index (χ4v) is 3.21. The number of fused-ring (bicyclic) bond motifs is 1. The van der Waals surface area contributed by atoms with Gasteiger partial charge in [-0.25, -0.2) is 9.18 Å². The molecule has 0 atom stereocenters. The van der Waals surface area contributed by atoms with E-state index in [9.17, 15) is 18.8 Å². The largest absolute Gasteiger partial charge is 0.456 e. The van der Waals surface area contributed by atoms with Crippen LogP contribution in [-0.4, -0.2) is 34.8 Å². The Balaban J connectivity index is 1.72. The second-order valence-electron chi connectivity index (χ2n) is 8.15. The average Bonchev–Trinajstić information content (AvgIpc) is 2.95. The van der Waals surface area contributed by atoms with Gasteiger partial charge >= 0.3 is 5.97 Å². The van der Waals surface area contributed by atoms with Gasteiger partial charge in [0.2, 0.25) is 0 Å². The second-order valence-corrected chi connectivity index (χ2v) is 8.15. The third kappa shape index (κ3) is 5.16. The second kappa shape index (κ2) is 9.11. The Morgan fingerprint density at radius 3 is 2.19 bits per heavy atom. The highest BCUT2D eigenvalue weighted by Crippen LogP contribution is 2.23. The molecule has 0 saturated heterocycles. The Morgan fingerprint density at radius 1 is 1.03 bits per heavy atom. The molecular weight excluding hydrogens is 397 g/mol. The average molecular weight is 421 g/mol. The molecule has 0 fully saturated rings. The molecule has 0 aliphatic carbocycles. The summed E-state index contributed by atoms with van der Waals surface area (Å²) in [6.07, 6.45) is 2.52. The molecule has 1 heterocycles. The van der Waals surface area contributed by atoms with Crippen molar-refractivity contribution in [3.8, 4) is 0 Å². The molecule has 2 aromatic carbocycles. The van der Waals surface area contributed by atoms with E-state index >= 15 is 0 Å². The van der Waals surface area contributed by atoms with Crippen molar-refractivity contribution in [3.63, 3.8) is 0 Å². The van der Waals surface area contributed by atoms with E-state index in [1.54, 1.807) is 57.2 Å². The number of rotatable bonds is 6. The van der Waals surface area contributed by atoms with Crippen molar-refractivity contribution in [3.05, 3.63) is 82.8 Å². The molecule has 1 aliphatic rings. The van der Waals surface area contributed by atoms with Crippen LogP contribution in [0, 0.1) is 5.82 Å². The van der Waals surface area contributed by atoms with Gasteiger partial charge in [-0.05, 0) is 57.9 Å². The standard InChI is InChI=1S/C25H24FNO4/c1-25(2,3)31-24(30)20(17-11-8-9-15-21(17)26)14-5-4-10-16-27-22(28)18-12-6-7-13-19(18)23(27)29/h5-9,11-13,15H,4,10,16H2,1-3H3. The molecule has 2 amide bonds. The van der Waals surface area contributed by atoms with Crippen molar-refractivity contribution in [1.82, 2.24) is 4.90 Å². The highest BCUT2D eigenvalue weighted by molar-refractivity contribution is 6.21. The maximum atomic E-state index is 14.3. The smallest absolute Gasteiger partial charge is 0.347 e. The van der Waals surface area contributed by atoms with Gasteiger partial charge < -0.3 is 4.74 Å². The number of imide groups is 1. The van der Waals surface area contributed by atoms with Crippen molar-refractivity contribution >= 4 is 23.4 Å². The topological polar surface area (TPSA) is 63.7 Å². The van der Waals surface area contributed by atoms with Gasteiger partial charge in [0.1, 0.15) is 17.0 Å². The lowest BCUT2D eigenvalue weighted by Crippen LogP contribution is -2.30. The minimum atomic E-state index is -0.735. The molecule has 1 aliphatic heterocycles. The van der Waals surface area contributed by atoms with Crippen LogP contribution < -0.4 is 0 Å². The van der Waals surface area contributed by atoms with Crippen molar-refractivity contribution in [2.75, 3.05) is 6.54 Å². The first-order chi connectivity index (χ1) is 14.7. The fraction of sp³-hybridized carbons (Fsp3) is 0.280. The highest BCUT2D eigenvalue weighted by atomic mass is 19.1. The van der Waals surface area contributed by atoms with Crippen LogP contribution in [0.3, 0.4) is 0 Å². The number of halogens is 1. The molecule has 0 radical (unpaired) electrons. The van der Waals surface area contributed by atoms with E-state index in [2.05, 4.69) is 5.73 Å². The summed E-state index contributed by atoms with van der Waals surface area (Å²) in [5, 5.41) is 0. The SMILES string of the molecule is CC(C)(C)OC(=O)C(=C=CCCCN1C(=O)c2ccccc2C1=O)c1ccccc1F. The van der Waals surface area contributed by atoms with Crippen LogP contribution in [0.2, 0.25) is 0 Å². The minimum absolute atomic E-state index is 0.00578. The summed E-state index contributed by atoms with van der Waals surface area (Å²) < 4.78 is 19.7. The van der Waals surface area contributed by atoms with Crippen LogP contribution in [-0.2, 0) is 9.53 Å². The number of unbranched alkanes of at least 4 members (excludes halogenated alkanes) is 1. The third-order valence-corrected chi connectivity index (χ3v) is 4.60. The van der Waals surface area contributed by atoms with Gasteiger partial charge in [0.05, 0.1) is 11.1 Å². The predicted molar refractivity (Wildman–Crippen MR) is 115 cm³/mol. The van der Waals surface area contributed by atoms with Crippen molar-refractivity contribution in [1.29, 1.82) is 0 Å². The van der Waals surface area contributed by atoms with Gasteiger partial charge in [0.25, 0.3) is 11.8 Å². The van der Waals surface area contributed by atoms with Gasteiger partial charge in [-0.2, -0.15) is 0 Å². The van der Waals surface area contributed by atoms with Crippen molar-refractivity contribution < 1.29 is 23.5 Å². The lowest BCUT2D eigenvalue weighted by atomic mass is 10.1. The normalized spacial score (nSPS) is 13.0. The van der Waals surface area contributed by atoms with Crippen molar-refractivity contribution in [2.24, 2.45) is 0 Å². The maximum absolute atomic E-state index is 14.3. The zero-order valence-corrected chi connectivity index (χ0v) is 17.8. The molecule has 0 bridgehead atoms. The van der Waals surface area contributed by atoms with E-state index in [0.29, 0.717) is 24.0 Å². The number of benzene rings is 2. The number of hydrogen-bond donors (Lipinski definition) is 0. The summed E-state index contributed by atoms with van der Waals surface area (Å²) in [5.74, 6) is -1.83. The van der Waals surface area contributed by atoms with Gasteiger partial charge in [-0.1, -0.05) is 30.3 Å². The zero-order valence-electron chi connectivity index (χ0n) is 17.8. The van der Waals surface area contributed by atoms with Crippen LogP contribution in [0.4, 0.5) is 4.39 Å². The summed E-state index contributed by atoms with van der Waals surface area (Å²) in [4.78, 5) is 38.6. The van der Waals surface area contributed by atoms with Crippen LogP contribution >= 0.6 is 0 Å². The highest BCUT2D eigenvalue weighted by Gasteiger charge is 2.34. The summed E-state index contributed by atoms with van der Waals surface area (Å²) in [5.41, 5.74) is 3.04. The molecule has 0 unspecified atom stereocenters. The van der Waals surface area contributed by atoms with Gasteiger partial charge in [-0.3, -0.25) is 14.5 Å². The Hall–Kier alpha value is -3.50. The number of esters is 1. The molecule has 31 heavy (non-hydrogen) atoms. The Morgan fingerprint density at radius 2 is 1.61 bits per heavy atom. The van der Waals surface area contributed by atoms with Crippen LogP contribution in [0.5, 0.6) is 0 Å². The van der Waals surface area contributed by atoms with E-state index < -0.39 is 17.4 Å². The zero-order chi connectivity index (χ0) is 22.6. The number of amides is 2. The molecule has 2 aromatic rings. The van der Waals surface area contributed by atoms with Gasteiger partial charge in [0.15, 0.2) is 0 Å². The number of nitrogens with zero attached hydrogens (tertiary/aromatic N) is 1. The molecule has 0 saturated carbocycles. The molecule has 5 nitrogen and oxygen atoms in total. The van der Waals surface area contributed by atoms with E-state index in [-0.39, 0.29) is 29.5 Å². The van der Waals surface area contributed by atoms with E-state index in [0.717, 1.165) is 0 Å². The third-order valence-electron chi connectivity index (χ3n) is 4.60. The van der Waals surface area contributed by atoms with E-state index in [1.807, 2.05) is 0 Å². The van der Waals surface area contributed by atoms with E-state index in [1.165, 1.54) is 23.1 Å². The molecule has 160 valence electrons. The number of ether oxygens (including phenoxy) is 1. The van der Waals surface area contributed by atoms with Crippen LogP contribution in [0.25, 0.3) is 5.57 Å². The molecule has 0 N–H and O–H groups in total. The fourth-order valence-electron chi connectivity index (χ4n) is 3.21. The quantitative estimate of drug-likeness (QED) is 0.221. The van der Waals surface area contributed by atoms with E-state index in [4.69, 9.17) is 4.74 Å². The summed E-state index contributed by atoms with van der Waals surface area (Å²) in [6, 6.07) is 12.7. The molecule has 0 spiro atoms. The van der Waals surface area contributed by atoms with Crippen molar-refractivity contribution in [2.45, 2.75) is 39.2 Å². The summed E-state index contributed by atoms with van der Waals surface area (Å²) >= 11 is 0. The predicted octanol–water partition coefficient (Wildman–Crippen LogP) is 4.78. The molecule has 3 rings (SSSR count). The molecular formula is C25H24FNO4. The Labute approximate surface area is 180 Å². The first-order valence-corrected chi connectivity index (χ1v) is 10.1. The van der Waals surface area contributed by atoms with Crippen LogP contribution in [0.15, 0.2) is 60.3 Å². The number of hydrogen-bond acceptors (Lipinski definition) is 4. The molecule has 0 aromatic heterocycles. The minimum Gasteiger partial charge on any atom is -0.456 e. The first-order valence-electron chi connectivity index (χ1n) is 10.1. The number of carbonyl (C=O) groups excluding carboxylic acids is 3. The van der Waals surface area contributed by atoms with Gasteiger partial charge in [0, 0.05) is 12.1 Å². The Kier molecular flexibility index (Phi) is 6.52. The lowest BCUT2D eigenvalue weighted by Gasteiger charge is -2.20. The number of carbonyl (C=O) groups is 3. The van der Waals surface area contributed by atoms with Crippen LogP contribution in [0.1, 0.15) is 59.9 Å². The first kappa shape index (κ1) is 22.2. The maximum Gasteiger partial charge on any atom is 0.347 e. The summed E-state index contributed by atoms with van der Waals surface area (Å²) in [6.45, 7) is 5.44. The lowest BCUT2D eigenvalue weighted by molar-refractivity contribution is -0.147. The van der Waals surface area contributed by atoms with Gasteiger partial charge in [-0.15, -0.1) is 5.73 Å². The molecule has 6 heteroatoms. The Bertz CT molecular complexity index is 1060.